The normalized spacial score (nSPS) is 11.4. The zero-order valence-electron chi connectivity index (χ0n) is 10.6. The third-order valence-corrected chi connectivity index (χ3v) is 2.68. The molecule has 0 bridgehead atoms. The van der Waals surface area contributed by atoms with Crippen molar-refractivity contribution in [1.29, 1.82) is 0 Å². The van der Waals surface area contributed by atoms with Gasteiger partial charge in [-0.3, -0.25) is 4.79 Å². The summed E-state index contributed by atoms with van der Waals surface area (Å²) in [6.07, 6.45) is -3.73. The maximum atomic E-state index is 12.4. The minimum atomic E-state index is -4.35. The van der Waals surface area contributed by atoms with Crippen molar-refractivity contribution >= 4 is 5.91 Å². The van der Waals surface area contributed by atoms with Crippen LogP contribution < -0.4 is 0 Å². The van der Waals surface area contributed by atoms with Crippen LogP contribution in [-0.4, -0.2) is 29.6 Å². The molecule has 19 heavy (non-hydrogen) atoms. The number of halogens is 3. The molecule has 1 aromatic rings. The van der Waals surface area contributed by atoms with Crippen molar-refractivity contribution in [2.45, 2.75) is 25.6 Å². The summed E-state index contributed by atoms with van der Waals surface area (Å²) < 4.78 is 37.1. The molecule has 0 spiro atoms. The maximum absolute atomic E-state index is 12.4. The van der Waals surface area contributed by atoms with Crippen LogP contribution in [0.2, 0.25) is 0 Å². The summed E-state index contributed by atoms with van der Waals surface area (Å²) in [5.74, 6) is -0.144. The fourth-order valence-corrected chi connectivity index (χ4v) is 1.58. The number of aliphatic hydroxyl groups excluding tert-OH is 1. The molecular weight excluding hydrogens is 259 g/mol. The molecule has 0 aromatic heterocycles. The molecule has 1 rings (SSSR count). The molecular formula is C13H16F3NO2. The van der Waals surface area contributed by atoms with Crippen LogP contribution in [0.15, 0.2) is 24.3 Å². The Kier molecular flexibility index (Phi) is 5.35. The molecule has 106 valence electrons. The maximum Gasteiger partial charge on any atom is 0.416 e. The van der Waals surface area contributed by atoms with Crippen LogP contribution in [-0.2, 0) is 17.5 Å². The first-order valence-electron chi connectivity index (χ1n) is 5.85. The minimum Gasteiger partial charge on any atom is -0.396 e. The number of carbonyl (C=O) groups is 1. The van der Waals surface area contributed by atoms with E-state index in [2.05, 4.69) is 0 Å². The van der Waals surface area contributed by atoms with E-state index in [0.29, 0.717) is 12.0 Å². The number of hydrogen-bond acceptors (Lipinski definition) is 2. The van der Waals surface area contributed by atoms with Crippen molar-refractivity contribution in [3.05, 3.63) is 35.4 Å². The molecule has 0 aliphatic rings. The lowest BCUT2D eigenvalue weighted by atomic mass is 10.1. The minimum absolute atomic E-state index is 0.0557. The summed E-state index contributed by atoms with van der Waals surface area (Å²) in [7, 11) is 1.58. The van der Waals surface area contributed by atoms with Crippen molar-refractivity contribution in [3.63, 3.8) is 0 Å². The van der Waals surface area contributed by atoms with Crippen LogP contribution in [0.25, 0.3) is 0 Å². The fraction of sp³-hybridized carbons (Fsp3) is 0.462. The predicted octanol–water partition coefficient (Wildman–Crippen LogP) is 2.44. The Labute approximate surface area is 109 Å². The number of carbonyl (C=O) groups excluding carboxylic acids is 1. The van der Waals surface area contributed by atoms with E-state index in [4.69, 9.17) is 5.11 Å². The number of nitrogens with zero attached hydrogens (tertiary/aromatic N) is 1. The zero-order chi connectivity index (χ0) is 14.5. The van der Waals surface area contributed by atoms with E-state index >= 15 is 0 Å². The molecule has 6 heteroatoms. The lowest BCUT2D eigenvalue weighted by Gasteiger charge is -2.17. The lowest BCUT2D eigenvalue weighted by molar-refractivity contribution is -0.137. The van der Waals surface area contributed by atoms with Crippen LogP contribution in [0.1, 0.15) is 24.0 Å². The van der Waals surface area contributed by atoms with E-state index in [-0.39, 0.29) is 25.5 Å². The molecule has 1 N–H and O–H groups in total. The molecule has 1 amide bonds. The standard InChI is InChI=1S/C13H16F3NO2/c1-17(12(19)3-2-8-18)9-10-4-6-11(7-5-10)13(14,15)16/h4-7,18H,2-3,8-9H2,1H3. The molecule has 0 saturated carbocycles. The first-order valence-corrected chi connectivity index (χ1v) is 5.85. The average molecular weight is 275 g/mol. The van der Waals surface area contributed by atoms with Crippen LogP contribution >= 0.6 is 0 Å². The molecule has 0 fully saturated rings. The molecule has 0 heterocycles. The Morgan fingerprint density at radius 1 is 1.26 bits per heavy atom. The molecule has 0 saturated heterocycles. The van der Waals surface area contributed by atoms with Crippen molar-refractivity contribution in [3.8, 4) is 0 Å². The second-order valence-electron chi connectivity index (χ2n) is 4.27. The second kappa shape index (κ2) is 6.56. The Morgan fingerprint density at radius 3 is 2.32 bits per heavy atom. The van der Waals surface area contributed by atoms with Gasteiger partial charge in [0.05, 0.1) is 5.56 Å². The number of aliphatic hydroxyl groups is 1. The number of benzene rings is 1. The number of hydrogen-bond donors (Lipinski definition) is 1. The van der Waals surface area contributed by atoms with Gasteiger partial charge < -0.3 is 10.0 Å². The van der Waals surface area contributed by atoms with Crippen molar-refractivity contribution in [1.82, 2.24) is 4.90 Å². The van der Waals surface area contributed by atoms with Gasteiger partial charge in [-0.05, 0) is 24.1 Å². The van der Waals surface area contributed by atoms with Crippen molar-refractivity contribution in [2.75, 3.05) is 13.7 Å². The highest BCUT2D eigenvalue weighted by Gasteiger charge is 2.29. The second-order valence-corrected chi connectivity index (χ2v) is 4.27. The summed E-state index contributed by atoms with van der Waals surface area (Å²) in [4.78, 5) is 13.0. The highest BCUT2D eigenvalue weighted by Crippen LogP contribution is 2.29. The van der Waals surface area contributed by atoms with E-state index in [1.165, 1.54) is 17.0 Å². The van der Waals surface area contributed by atoms with Gasteiger partial charge in [0.25, 0.3) is 0 Å². The van der Waals surface area contributed by atoms with E-state index in [1.807, 2.05) is 0 Å². The summed E-state index contributed by atoms with van der Waals surface area (Å²) >= 11 is 0. The summed E-state index contributed by atoms with van der Waals surface area (Å²) in [6.45, 7) is 0.197. The molecule has 3 nitrogen and oxygen atoms in total. The lowest BCUT2D eigenvalue weighted by Crippen LogP contribution is -2.26. The van der Waals surface area contributed by atoms with E-state index in [9.17, 15) is 18.0 Å². The first-order chi connectivity index (χ1) is 8.84. The summed E-state index contributed by atoms with van der Waals surface area (Å²) in [5.41, 5.74) is -0.0710. The first kappa shape index (κ1) is 15.5. The number of alkyl halides is 3. The van der Waals surface area contributed by atoms with Gasteiger partial charge in [-0.2, -0.15) is 13.2 Å². The Balaban J connectivity index is 2.60. The Morgan fingerprint density at radius 2 is 1.84 bits per heavy atom. The van der Waals surface area contributed by atoms with Crippen molar-refractivity contribution in [2.24, 2.45) is 0 Å². The van der Waals surface area contributed by atoms with Gasteiger partial charge in [-0.1, -0.05) is 12.1 Å². The monoisotopic (exact) mass is 275 g/mol. The third-order valence-electron chi connectivity index (χ3n) is 2.68. The van der Waals surface area contributed by atoms with Crippen LogP contribution in [0.3, 0.4) is 0 Å². The average Bonchev–Trinajstić information content (AvgIpc) is 2.35. The van der Waals surface area contributed by atoms with Gasteiger partial charge >= 0.3 is 6.18 Å². The van der Waals surface area contributed by atoms with Gasteiger partial charge in [0, 0.05) is 26.6 Å². The summed E-state index contributed by atoms with van der Waals surface area (Å²) in [5, 5.41) is 8.62. The molecule has 0 atom stereocenters. The van der Waals surface area contributed by atoms with Gasteiger partial charge in [0.15, 0.2) is 0 Å². The smallest absolute Gasteiger partial charge is 0.396 e. The van der Waals surface area contributed by atoms with Crippen molar-refractivity contribution < 1.29 is 23.1 Å². The highest BCUT2D eigenvalue weighted by atomic mass is 19.4. The fourth-order valence-electron chi connectivity index (χ4n) is 1.58. The third kappa shape index (κ3) is 4.90. The highest BCUT2D eigenvalue weighted by molar-refractivity contribution is 5.75. The van der Waals surface area contributed by atoms with Gasteiger partial charge in [-0.15, -0.1) is 0 Å². The number of rotatable bonds is 5. The largest absolute Gasteiger partial charge is 0.416 e. The summed E-state index contributed by atoms with van der Waals surface area (Å²) in [6, 6.07) is 4.72. The molecule has 0 radical (unpaired) electrons. The van der Waals surface area contributed by atoms with E-state index < -0.39 is 11.7 Å². The predicted molar refractivity (Wildman–Crippen MR) is 64.2 cm³/mol. The van der Waals surface area contributed by atoms with Gasteiger partial charge in [0.2, 0.25) is 5.91 Å². The Hall–Kier alpha value is -1.56. The quantitative estimate of drug-likeness (QED) is 0.896. The van der Waals surface area contributed by atoms with Crippen LogP contribution in [0.4, 0.5) is 13.2 Å². The molecule has 1 aromatic carbocycles. The molecule has 0 aliphatic carbocycles. The van der Waals surface area contributed by atoms with E-state index in [1.54, 1.807) is 7.05 Å². The number of amides is 1. The molecule has 0 aliphatic heterocycles. The Bertz CT molecular complexity index is 415. The topological polar surface area (TPSA) is 40.5 Å². The van der Waals surface area contributed by atoms with Gasteiger partial charge in [0.1, 0.15) is 0 Å². The van der Waals surface area contributed by atoms with E-state index in [0.717, 1.165) is 12.1 Å². The zero-order valence-corrected chi connectivity index (χ0v) is 10.6. The SMILES string of the molecule is CN(Cc1ccc(C(F)(F)F)cc1)C(=O)CCCO. The van der Waals surface area contributed by atoms with Gasteiger partial charge in [-0.25, -0.2) is 0 Å². The molecule has 0 unspecified atom stereocenters. The van der Waals surface area contributed by atoms with Crippen LogP contribution in [0, 0.1) is 0 Å². The van der Waals surface area contributed by atoms with Crippen LogP contribution in [0.5, 0.6) is 0 Å².